The molecule has 0 unspecified atom stereocenters. The zero-order chi connectivity index (χ0) is 20.5. The average molecular weight is 416 g/mol. The van der Waals surface area contributed by atoms with Crippen LogP contribution in [0.5, 0.6) is 0 Å². The Morgan fingerprint density at radius 3 is 2.47 bits per heavy atom. The Hall–Kier alpha value is -2.76. The van der Waals surface area contributed by atoms with Crippen molar-refractivity contribution in [2.24, 2.45) is 0 Å². The van der Waals surface area contributed by atoms with E-state index >= 15 is 0 Å². The van der Waals surface area contributed by atoms with Crippen molar-refractivity contribution in [2.75, 3.05) is 44.4 Å². The highest BCUT2D eigenvalue weighted by Gasteiger charge is 2.15. The fourth-order valence-corrected chi connectivity index (χ4v) is 4.46. The maximum absolute atomic E-state index is 5.89. The van der Waals surface area contributed by atoms with Gasteiger partial charge in [-0.25, -0.2) is 0 Å². The minimum atomic E-state index is 0.820. The van der Waals surface area contributed by atoms with Crippen molar-refractivity contribution in [1.29, 1.82) is 0 Å². The van der Waals surface area contributed by atoms with E-state index in [1.165, 1.54) is 10.6 Å². The van der Waals surface area contributed by atoms with Crippen molar-refractivity contribution < 1.29 is 4.42 Å². The van der Waals surface area contributed by atoms with E-state index in [4.69, 9.17) is 9.40 Å². The van der Waals surface area contributed by atoms with E-state index in [2.05, 4.69) is 77.7 Å². The quantitative estimate of drug-likeness (QED) is 0.403. The molecule has 2 aromatic carbocycles. The monoisotopic (exact) mass is 415 g/mol. The molecule has 0 amide bonds. The Morgan fingerprint density at radius 1 is 0.900 bits per heavy atom. The predicted octanol–water partition coefficient (Wildman–Crippen LogP) is 5.64. The van der Waals surface area contributed by atoms with Crippen LogP contribution in [0.3, 0.4) is 0 Å². The molecule has 1 fully saturated rings. The standard InChI is InChI=1S/C25H25N3OS/c1-27-10-12-28(13-11-27)21-8-6-18(7-9-21)20-15-24-25(26-16-20)23(17-29-24)19-4-3-5-22(14-19)30-2/h3-9,14-17H,10-13H2,1-2H3. The van der Waals surface area contributed by atoms with Crippen molar-refractivity contribution in [3.8, 4) is 22.3 Å². The van der Waals surface area contributed by atoms with Gasteiger partial charge >= 0.3 is 0 Å². The Kier molecular flexibility index (Phi) is 5.23. The first-order valence-corrected chi connectivity index (χ1v) is 11.5. The topological polar surface area (TPSA) is 32.5 Å². The second kappa shape index (κ2) is 8.17. The maximum Gasteiger partial charge on any atom is 0.153 e. The highest BCUT2D eigenvalue weighted by molar-refractivity contribution is 7.98. The molecule has 4 aromatic rings. The molecule has 0 spiro atoms. The third-order valence-electron chi connectivity index (χ3n) is 5.86. The molecular formula is C25H25N3OS. The summed E-state index contributed by atoms with van der Waals surface area (Å²) in [7, 11) is 2.18. The summed E-state index contributed by atoms with van der Waals surface area (Å²) < 4.78 is 5.89. The number of pyridine rings is 1. The van der Waals surface area contributed by atoms with E-state index in [-0.39, 0.29) is 0 Å². The molecule has 0 aliphatic carbocycles. The number of fused-ring (bicyclic) bond motifs is 1. The number of furan rings is 1. The lowest BCUT2D eigenvalue weighted by Gasteiger charge is -2.34. The smallest absolute Gasteiger partial charge is 0.153 e. The number of anilines is 1. The number of rotatable bonds is 4. The minimum absolute atomic E-state index is 0.820. The van der Waals surface area contributed by atoms with Crippen LogP contribution in [0, 0.1) is 0 Å². The van der Waals surface area contributed by atoms with Gasteiger partial charge in [0.1, 0.15) is 11.8 Å². The second-order valence-corrected chi connectivity index (χ2v) is 8.67. The first kappa shape index (κ1) is 19.2. The van der Waals surface area contributed by atoms with Crippen LogP contribution in [0.15, 0.2) is 76.4 Å². The van der Waals surface area contributed by atoms with Crippen LogP contribution >= 0.6 is 11.8 Å². The van der Waals surface area contributed by atoms with Gasteiger partial charge in [0, 0.05) is 54.1 Å². The number of hydrogen-bond acceptors (Lipinski definition) is 5. The van der Waals surface area contributed by atoms with Crippen molar-refractivity contribution in [2.45, 2.75) is 4.90 Å². The van der Waals surface area contributed by atoms with Gasteiger partial charge < -0.3 is 14.2 Å². The van der Waals surface area contributed by atoms with Gasteiger partial charge in [0.15, 0.2) is 5.58 Å². The van der Waals surface area contributed by atoms with Gasteiger partial charge in [-0.2, -0.15) is 0 Å². The molecule has 4 nitrogen and oxygen atoms in total. The van der Waals surface area contributed by atoms with Gasteiger partial charge in [-0.3, -0.25) is 4.98 Å². The van der Waals surface area contributed by atoms with Crippen LogP contribution in [-0.4, -0.2) is 49.4 Å². The minimum Gasteiger partial charge on any atom is -0.462 e. The second-order valence-electron chi connectivity index (χ2n) is 7.79. The van der Waals surface area contributed by atoms with Crippen LogP contribution in [0.25, 0.3) is 33.4 Å². The molecule has 1 aliphatic heterocycles. The fourth-order valence-electron chi connectivity index (χ4n) is 4.00. The first-order chi connectivity index (χ1) is 14.7. The summed E-state index contributed by atoms with van der Waals surface area (Å²) in [6.45, 7) is 4.39. The number of hydrogen-bond donors (Lipinski definition) is 0. The molecule has 0 saturated carbocycles. The largest absolute Gasteiger partial charge is 0.462 e. The van der Waals surface area contributed by atoms with Gasteiger partial charge in [-0.05, 0) is 54.8 Å². The molecule has 152 valence electrons. The van der Waals surface area contributed by atoms with Gasteiger partial charge in [0.25, 0.3) is 0 Å². The molecular weight excluding hydrogens is 390 g/mol. The highest BCUT2D eigenvalue weighted by atomic mass is 32.2. The lowest BCUT2D eigenvalue weighted by atomic mass is 10.0. The molecule has 0 radical (unpaired) electrons. The summed E-state index contributed by atoms with van der Waals surface area (Å²) >= 11 is 1.74. The molecule has 0 N–H and O–H groups in total. The lowest BCUT2D eigenvalue weighted by molar-refractivity contribution is 0.313. The van der Waals surface area contributed by atoms with Crippen molar-refractivity contribution >= 4 is 28.5 Å². The van der Waals surface area contributed by atoms with Crippen LogP contribution in [0.4, 0.5) is 5.69 Å². The maximum atomic E-state index is 5.89. The number of benzene rings is 2. The predicted molar refractivity (Wildman–Crippen MR) is 126 cm³/mol. The average Bonchev–Trinajstić information content (AvgIpc) is 3.23. The number of likely N-dealkylation sites (N-methyl/N-ethyl adjacent to an activating group) is 1. The molecule has 1 aliphatic rings. The zero-order valence-corrected chi connectivity index (χ0v) is 18.2. The number of thioether (sulfide) groups is 1. The molecule has 1 saturated heterocycles. The molecule has 3 heterocycles. The van der Waals surface area contributed by atoms with Crippen molar-refractivity contribution in [3.63, 3.8) is 0 Å². The Morgan fingerprint density at radius 2 is 1.70 bits per heavy atom. The van der Waals surface area contributed by atoms with Crippen LogP contribution < -0.4 is 4.90 Å². The van der Waals surface area contributed by atoms with Crippen molar-refractivity contribution in [1.82, 2.24) is 9.88 Å². The summed E-state index contributed by atoms with van der Waals surface area (Å²) in [5.74, 6) is 0. The first-order valence-electron chi connectivity index (χ1n) is 10.3. The molecule has 2 aromatic heterocycles. The van der Waals surface area contributed by atoms with Gasteiger partial charge in [-0.1, -0.05) is 24.3 Å². The highest BCUT2D eigenvalue weighted by Crippen LogP contribution is 2.33. The lowest BCUT2D eigenvalue weighted by Crippen LogP contribution is -2.44. The van der Waals surface area contributed by atoms with Gasteiger partial charge in [0.05, 0.1) is 0 Å². The summed E-state index contributed by atoms with van der Waals surface area (Å²) in [5, 5.41) is 0. The third-order valence-corrected chi connectivity index (χ3v) is 6.59. The van der Waals surface area contributed by atoms with Crippen LogP contribution in [0.2, 0.25) is 0 Å². The third kappa shape index (κ3) is 3.71. The zero-order valence-electron chi connectivity index (χ0n) is 17.3. The normalized spacial score (nSPS) is 15.1. The molecule has 30 heavy (non-hydrogen) atoms. The van der Waals surface area contributed by atoms with E-state index in [1.807, 2.05) is 12.5 Å². The van der Waals surface area contributed by atoms with Gasteiger partial charge in [-0.15, -0.1) is 11.8 Å². The number of nitrogens with zero attached hydrogens (tertiary/aromatic N) is 3. The number of piperazine rings is 1. The SMILES string of the molecule is CSc1cccc(-c2coc3cc(-c4ccc(N5CCN(C)CC5)cc4)cnc23)c1. The number of aromatic nitrogens is 1. The molecule has 0 bridgehead atoms. The molecule has 5 rings (SSSR count). The summed E-state index contributed by atoms with van der Waals surface area (Å²) in [4.78, 5) is 10.8. The summed E-state index contributed by atoms with van der Waals surface area (Å²) in [6.07, 6.45) is 5.86. The van der Waals surface area contributed by atoms with E-state index in [0.717, 1.165) is 59.5 Å². The van der Waals surface area contributed by atoms with E-state index < -0.39 is 0 Å². The fraction of sp³-hybridized carbons (Fsp3) is 0.240. The van der Waals surface area contributed by atoms with E-state index in [1.54, 1.807) is 11.8 Å². The van der Waals surface area contributed by atoms with Crippen LogP contribution in [0.1, 0.15) is 0 Å². The van der Waals surface area contributed by atoms with Crippen molar-refractivity contribution in [3.05, 3.63) is 67.1 Å². The van der Waals surface area contributed by atoms with Crippen LogP contribution in [-0.2, 0) is 0 Å². The Balaban J connectivity index is 1.41. The van der Waals surface area contributed by atoms with Gasteiger partial charge in [0.2, 0.25) is 0 Å². The molecule has 5 heteroatoms. The summed E-state index contributed by atoms with van der Waals surface area (Å²) in [5.41, 5.74) is 7.42. The molecule has 0 atom stereocenters. The Bertz CT molecular complexity index is 1160. The summed E-state index contributed by atoms with van der Waals surface area (Å²) in [6, 6.07) is 19.4. The van der Waals surface area contributed by atoms with E-state index in [9.17, 15) is 0 Å². The Labute approximate surface area is 181 Å². The van der Waals surface area contributed by atoms with E-state index in [0.29, 0.717) is 0 Å².